The zero-order valence-corrected chi connectivity index (χ0v) is 11.5. The summed E-state index contributed by atoms with van der Waals surface area (Å²) in [6.45, 7) is 3.88. The zero-order chi connectivity index (χ0) is 13.0. The van der Waals surface area contributed by atoms with Crippen LogP contribution in [0.15, 0.2) is 18.2 Å². The standard InChI is InChI=1S/C14H20ClFN2/c1-17-9-11-4-6-18(7-5-11)10-12-2-3-13(15)8-14(12)16/h2-3,8,11,17H,4-7,9-10H2,1H3. The van der Waals surface area contributed by atoms with Crippen LogP contribution in [0.3, 0.4) is 0 Å². The van der Waals surface area contributed by atoms with Gasteiger partial charge in [0.2, 0.25) is 0 Å². The highest BCUT2D eigenvalue weighted by Gasteiger charge is 2.19. The molecule has 100 valence electrons. The van der Waals surface area contributed by atoms with E-state index in [1.165, 1.54) is 18.9 Å². The summed E-state index contributed by atoms with van der Waals surface area (Å²) in [4.78, 5) is 2.32. The molecule has 1 heterocycles. The minimum atomic E-state index is -0.195. The maximum absolute atomic E-state index is 13.7. The van der Waals surface area contributed by atoms with E-state index >= 15 is 0 Å². The maximum atomic E-state index is 13.7. The molecule has 18 heavy (non-hydrogen) atoms. The first-order valence-corrected chi connectivity index (χ1v) is 6.87. The molecule has 1 aromatic carbocycles. The van der Waals surface area contributed by atoms with Crippen molar-refractivity contribution in [2.75, 3.05) is 26.7 Å². The van der Waals surface area contributed by atoms with Crippen molar-refractivity contribution in [3.05, 3.63) is 34.6 Å². The van der Waals surface area contributed by atoms with Crippen LogP contribution in [-0.4, -0.2) is 31.6 Å². The molecule has 0 unspecified atom stereocenters. The third kappa shape index (κ3) is 3.67. The van der Waals surface area contributed by atoms with Gasteiger partial charge in [0.05, 0.1) is 0 Å². The second-order valence-corrected chi connectivity index (χ2v) is 5.45. The number of nitrogens with zero attached hydrogens (tertiary/aromatic N) is 1. The van der Waals surface area contributed by atoms with E-state index in [1.807, 2.05) is 7.05 Å². The Labute approximate surface area is 113 Å². The van der Waals surface area contributed by atoms with Gasteiger partial charge in [0.15, 0.2) is 0 Å². The van der Waals surface area contributed by atoms with Crippen LogP contribution < -0.4 is 5.32 Å². The summed E-state index contributed by atoms with van der Waals surface area (Å²) in [6, 6.07) is 4.94. The van der Waals surface area contributed by atoms with E-state index in [1.54, 1.807) is 12.1 Å². The minimum Gasteiger partial charge on any atom is -0.319 e. The van der Waals surface area contributed by atoms with Gasteiger partial charge in [0.1, 0.15) is 5.82 Å². The molecule has 1 saturated heterocycles. The van der Waals surface area contributed by atoms with Gasteiger partial charge in [-0.05, 0) is 57.6 Å². The lowest BCUT2D eigenvalue weighted by molar-refractivity contribution is 0.175. The molecule has 0 saturated carbocycles. The fourth-order valence-electron chi connectivity index (χ4n) is 2.53. The van der Waals surface area contributed by atoms with E-state index in [2.05, 4.69) is 10.2 Å². The van der Waals surface area contributed by atoms with Crippen LogP contribution in [-0.2, 0) is 6.54 Å². The van der Waals surface area contributed by atoms with Crippen LogP contribution >= 0.6 is 11.6 Å². The van der Waals surface area contributed by atoms with E-state index in [9.17, 15) is 4.39 Å². The van der Waals surface area contributed by atoms with Crippen molar-refractivity contribution in [2.24, 2.45) is 5.92 Å². The summed E-state index contributed by atoms with van der Waals surface area (Å²) in [7, 11) is 2.00. The lowest BCUT2D eigenvalue weighted by Gasteiger charge is -2.31. The molecule has 2 nitrogen and oxygen atoms in total. The molecular formula is C14H20ClFN2. The Morgan fingerprint density at radius 2 is 2.11 bits per heavy atom. The highest BCUT2D eigenvalue weighted by Crippen LogP contribution is 2.21. The third-order valence-corrected chi connectivity index (χ3v) is 3.84. The van der Waals surface area contributed by atoms with Gasteiger partial charge in [-0.3, -0.25) is 4.90 Å². The fourth-order valence-corrected chi connectivity index (χ4v) is 2.69. The van der Waals surface area contributed by atoms with Crippen LogP contribution in [0.5, 0.6) is 0 Å². The summed E-state index contributed by atoms with van der Waals surface area (Å²) < 4.78 is 13.7. The van der Waals surface area contributed by atoms with Crippen molar-refractivity contribution < 1.29 is 4.39 Å². The van der Waals surface area contributed by atoms with Gasteiger partial charge in [0, 0.05) is 17.1 Å². The van der Waals surface area contributed by atoms with Gasteiger partial charge in [-0.15, -0.1) is 0 Å². The van der Waals surface area contributed by atoms with E-state index in [0.29, 0.717) is 11.6 Å². The number of hydrogen-bond acceptors (Lipinski definition) is 2. The number of halogens is 2. The smallest absolute Gasteiger partial charge is 0.129 e. The molecule has 0 bridgehead atoms. The van der Waals surface area contributed by atoms with Gasteiger partial charge in [-0.2, -0.15) is 0 Å². The Hall–Kier alpha value is -0.640. The number of piperidine rings is 1. The Kier molecular flexibility index (Phi) is 4.98. The minimum absolute atomic E-state index is 0.195. The molecule has 0 amide bonds. The quantitative estimate of drug-likeness (QED) is 0.905. The molecule has 0 atom stereocenters. The van der Waals surface area contributed by atoms with E-state index in [4.69, 9.17) is 11.6 Å². The van der Waals surface area contributed by atoms with Crippen molar-refractivity contribution in [3.63, 3.8) is 0 Å². The Bertz CT molecular complexity index is 389. The Morgan fingerprint density at radius 1 is 1.39 bits per heavy atom. The van der Waals surface area contributed by atoms with Gasteiger partial charge in [-0.1, -0.05) is 17.7 Å². The van der Waals surface area contributed by atoms with Crippen LogP contribution in [0.2, 0.25) is 5.02 Å². The van der Waals surface area contributed by atoms with Gasteiger partial charge in [0.25, 0.3) is 0 Å². The largest absolute Gasteiger partial charge is 0.319 e. The lowest BCUT2D eigenvalue weighted by atomic mass is 9.96. The van der Waals surface area contributed by atoms with Crippen LogP contribution in [0.25, 0.3) is 0 Å². The molecule has 1 fully saturated rings. The molecule has 0 radical (unpaired) electrons. The van der Waals surface area contributed by atoms with Crippen LogP contribution in [0.4, 0.5) is 4.39 Å². The third-order valence-electron chi connectivity index (χ3n) is 3.61. The highest BCUT2D eigenvalue weighted by atomic mass is 35.5. The van der Waals surface area contributed by atoms with Gasteiger partial charge in [-0.25, -0.2) is 4.39 Å². The second-order valence-electron chi connectivity index (χ2n) is 5.01. The molecule has 2 rings (SSSR count). The highest BCUT2D eigenvalue weighted by molar-refractivity contribution is 6.30. The van der Waals surface area contributed by atoms with Crippen molar-refractivity contribution >= 4 is 11.6 Å². The van der Waals surface area contributed by atoms with Crippen LogP contribution in [0.1, 0.15) is 18.4 Å². The summed E-state index contributed by atoms with van der Waals surface area (Å²) >= 11 is 5.75. The molecular weight excluding hydrogens is 251 g/mol. The van der Waals surface area contributed by atoms with E-state index in [-0.39, 0.29) is 5.82 Å². The zero-order valence-electron chi connectivity index (χ0n) is 10.8. The number of likely N-dealkylation sites (tertiary alicyclic amines) is 1. The first kappa shape index (κ1) is 13.8. The first-order chi connectivity index (χ1) is 8.69. The maximum Gasteiger partial charge on any atom is 0.129 e. The molecule has 1 aromatic rings. The molecule has 0 aliphatic carbocycles. The average Bonchev–Trinajstić information content (AvgIpc) is 2.35. The predicted octanol–water partition coefficient (Wildman–Crippen LogP) is 2.91. The molecule has 1 aliphatic heterocycles. The number of nitrogens with one attached hydrogen (secondary N) is 1. The van der Waals surface area contributed by atoms with Crippen molar-refractivity contribution in [3.8, 4) is 0 Å². The monoisotopic (exact) mass is 270 g/mol. The lowest BCUT2D eigenvalue weighted by Crippen LogP contribution is -2.36. The van der Waals surface area contributed by atoms with Gasteiger partial charge < -0.3 is 5.32 Å². The normalized spacial score (nSPS) is 18.2. The molecule has 0 aromatic heterocycles. The van der Waals surface area contributed by atoms with Crippen LogP contribution in [0, 0.1) is 11.7 Å². The fraction of sp³-hybridized carbons (Fsp3) is 0.571. The SMILES string of the molecule is CNCC1CCN(Cc2ccc(Cl)cc2F)CC1. The molecule has 0 spiro atoms. The van der Waals surface area contributed by atoms with Gasteiger partial charge >= 0.3 is 0 Å². The summed E-state index contributed by atoms with van der Waals surface area (Å²) in [5.74, 6) is 0.571. The molecule has 4 heteroatoms. The predicted molar refractivity (Wildman–Crippen MR) is 73.3 cm³/mol. The van der Waals surface area contributed by atoms with Crippen molar-refractivity contribution in [1.82, 2.24) is 10.2 Å². The first-order valence-electron chi connectivity index (χ1n) is 6.50. The summed E-state index contributed by atoms with van der Waals surface area (Å²) in [5, 5.41) is 3.69. The van der Waals surface area contributed by atoms with E-state index in [0.717, 1.165) is 31.1 Å². The van der Waals surface area contributed by atoms with Crippen molar-refractivity contribution in [1.29, 1.82) is 0 Å². The second kappa shape index (κ2) is 6.50. The summed E-state index contributed by atoms with van der Waals surface area (Å²) in [5.41, 5.74) is 0.742. The number of benzene rings is 1. The molecule has 1 aliphatic rings. The van der Waals surface area contributed by atoms with Crippen molar-refractivity contribution in [2.45, 2.75) is 19.4 Å². The Balaban J connectivity index is 1.87. The Morgan fingerprint density at radius 3 is 2.72 bits per heavy atom. The topological polar surface area (TPSA) is 15.3 Å². The molecule has 1 N–H and O–H groups in total. The average molecular weight is 271 g/mol. The summed E-state index contributed by atoms with van der Waals surface area (Å²) in [6.07, 6.45) is 2.38. The van der Waals surface area contributed by atoms with E-state index < -0.39 is 0 Å². The number of rotatable bonds is 4. The number of hydrogen-bond donors (Lipinski definition) is 1.